The molecule has 2 heterocycles. The summed E-state index contributed by atoms with van der Waals surface area (Å²) < 4.78 is 5.34. The van der Waals surface area contributed by atoms with E-state index in [9.17, 15) is 9.59 Å². The molecule has 1 saturated heterocycles. The average Bonchev–Trinajstić information content (AvgIpc) is 2.91. The zero-order valence-corrected chi connectivity index (χ0v) is 12.6. The number of ether oxygens (including phenoxy) is 1. The fourth-order valence-corrected chi connectivity index (χ4v) is 3.23. The molecule has 1 aliphatic rings. The van der Waals surface area contributed by atoms with E-state index in [1.54, 1.807) is 11.8 Å². The lowest BCUT2D eigenvalue weighted by molar-refractivity contribution is -0.168. The number of carboxylic acids is 1. The Morgan fingerprint density at radius 2 is 2.15 bits per heavy atom. The first-order valence-corrected chi connectivity index (χ1v) is 7.42. The smallest absolute Gasteiger partial charge is 0.334 e. The summed E-state index contributed by atoms with van der Waals surface area (Å²) in [6.07, 6.45) is -1.21. The number of carbonyl (C=O) groups is 2. The summed E-state index contributed by atoms with van der Waals surface area (Å²) in [4.78, 5) is 26.4. The number of rotatable bonds is 3. The maximum Gasteiger partial charge on any atom is 0.334 e. The molecule has 2 atom stereocenters. The van der Waals surface area contributed by atoms with E-state index in [0.717, 1.165) is 4.88 Å². The SMILES string of the molecule is C[C@@H]1CN(C(=O)C(C)(C)c2cccs2)CC(C(=O)O)O1. The highest BCUT2D eigenvalue weighted by Crippen LogP contribution is 2.30. The summed E-state index contributed by atoms with van der Waals surface area (Å²) in [5, 5.41) is 11.0. The minimum atomic E-state index is -1.02. The van der Waals surface area contributed by atoms with Crippen molar-refractivity contribution in [2.24, 2.45) is 0 Å². The van der Waals surface area contributed by atoms with Crippen molar-refractivity contribution < 1.29 is 19.4 Å². The van der Waals surface area contributed by atoms with Gasteiger partial charge in [-0.05, 0) is 32.2 Å². The van der Waals surface area contributed by atoms with Crippen LogP contribution in [0.15, 0.2) is 17.5 Å². The zero-order chi connectivity index (χ0) is 14.9. The quantitative estimate of drug-likeness (QED) is 0.922. The van der Waals surface area contributed by atoms with Crippen molar-refractivity contribution in [2.45, 2.75) is 38.4 Å². The summed E-state index contributed by atoms with van der Waals surface area (Å²) in [5.41, 5.74) is -0.645. The number of hydrogen-bond donors (Lipinski definition) is 1. The molecular formula is C14H19NO4S. The minimum Gasteiger partial charge on any atom is -0.479 e. The number of hydrogen-bond acceptors (Lipinski definition) is 4. The second-order valence-corrected chi connectivity index (χ2v) is 6.53. The first kappa shape index (κ1) is 15.0. The number of morpholine rings is 1. The van der Waals surface area contributed by atoms with Gasteiger partial charge in [0.2, 0.25) is 5.91 Å². The monoisotopic (exact) mass is 297 g/mol. The Hall–Kier alpha value is -1.40. The van der Waals surface area contributed by atoms with Gasteiger partial charge in [0, 0.05) is 11.4 Å². The molecule has 1 amide bonds. The van der Waals surface area contributed by atoms with Gasteiger partial charge >= 0.3 is 5.97 Å². The van der Waals surface area contributed by atoms with E-state index in [4.69, 9.17) is 9.84 Å². The summed E-state index contributed by atoms with van der Waals surface area (Å²) >= 11 is 1.54. The van der Waals surface area contributed by atoms with Crippen LogP contribution in [-0.2, 0) is 19.7 Å². The normalized spacial score (nSPS) is 23.6. The molecule has 1 N–H and O–H groups in total. The predicted molar refractivity (Wildman–Crippen MR) is 75.9 cm³/mol. The van der Waals surface area contributed by atoms with Gasteiger partial charge in [0.25, 0.3) is 0 Å². The standard InChI is InChI=1S/C14H19NO4S/c1-9-7-15(8-10(19-9)12(16)17)13(18)14(2,3)11-5-4-6-20-11/h4-6,9-10H,7-8H2,1-3H3,(H,16,17)/t9-,10?/m1/s1. The van der Waals surface area contributed by atoms with Gasteiger partial charge in [0.1, 0.15) is 0 Å². The predicted octanol–water partition coefficient (Wildman–Crippen LogP) is 1.73. The summed E-state index contributed by atoms with van der Waals surface area (Å²) in [6.45, 7) is 6.06. The third-order valence-electron chi connectivity index (χ3n) is 3.49. The van der Waals surface area contributed by atoms with Gasteiger partial charge in [-0.15, -0.1) is 11.3 Å². The Morgan fingerprint density at radius 1 is 1.45 bits per heavy atom. The largest absolute Gasteiger partial charge is 0.479 e. The third kappa shape index (κ3) is 2.86. The van der Waals surface area contributed by atoms with Gasteiger partial charge in [0.15, 0.2) is 6.10 Å². The first-order chi connectivity index (χ1) is 9.32. The van der Waals surface area contributed by atoms with Crippen LogP contribution < -0.4 is 0 Å². The molecule has 110 valence electrons. The average molecular weight is 297 g/mol. The van der Waals surface area contributed by atoms with Crippen LogP contribution in [0.1, 0.15) is 25.6 Å². The van der Waals surface area contributed by atoms with Crippen molar-refractivity contribution >= 4 is 23.2 Å². The molecule has 6 heteroatoms. The number of carbonyl (C=O) groups excluding carboxylic acids is 1. The lowest BCUT2D eigenvalue weighted by Gasteiger charge is -2.38. The van der Waals surface area contributed by atoms with Gasteiger partial charge < -0.3 is 14.7 Å². The van der Waals surface area contributed by atoms with Gasteiger partial charge in [-0.25, -0.2) is 4.79 Å². The van der Waals surface area contributed by atoms with Crippen molar-refractivity contribution in [1.29, 1.82) is 0 Å². The van der Waals surface area contributed by atoms with Crippen LogP contribution in [0.4, 0.5) is 0 Å². The van der Waals surface area contributed by atoms with Crippen LogP contribution in [0.2, 0.25) is 0 Å². The van der Waals surface area contributed by atoms with Crippen LogP contribution in [0.5, 0.6) is 0 Å². The molecule has 1 fully saturated rings. The van der Waals surface area contributed by atoms with Gasteiger partial charge in [0.05, 0.1) is 18.1 Å². The van der Waals surface area contributed by atoms with Crippen LogP contribution in [0.25, 0.3) is 0 Å². The van der Waals surface area contributed by atoms with Crippen molar-refractivity contribution in [1.82, 2.24) is 4.90 Å². The topological polar surface area (TPSA) is 66.8 Å². The Labute approximate surface area is 122 Å². The molecule has 0 spiro atoms. The third-order valence-corrected chi connectivity index (χ3v) is 4.69. The second-order valence-electron chi connectivity index (χ2n) is 5.59. The minimum absolute atomic E-state index is 0.0543. The molecule has 0 bridgehead atoms. The Kier molecular flexibility index (Phi) is 4.15. The molecule has 0 aromatic carbocycles. The van der Waals surface area contributed by atoms with E-state index in [1.807, 2.05) is 31.4 Å². The maximum absolute atomic E-state index is 12.7. The van der Waals surface area contributed by atoms with Crippen LogP contribution >= 0.6 is 11.3 Å². The van der Waals surface area contributed by atoms with E-state index in [-0.39, 0.29) is 18.6 Å². The van der Waals surface area contributed by atoms with Crippen molar-refractivity contribution in [3.05, 3.63) is 22.4 Å². The highest BCUT2D eigenvalue weighted by atomic mass is 32.1. The fourth-order valence-electron chi connectivity index (χ4n) is 2.39. The lowest BCUT2D eigenvalue weighted by Crippen LogP contribution is -2.55. The molecule has 2 rings (SSSR count). The molecule has 1 aliphatic heterocycles. The van der Waals surface area contributed by atoms with Crippen molar-refractivity contribution in [3.8, 4) is 0 Å². The first-order valence-electron chi connectivity index (χ1n) is 6.54. The molecule has 20 heavy (non-hydrogen) atoms. The van der Waals surface area contributed by atoms with E-state index in [1.165, 1.54) is 11.3 Å². The number of nitrogens with zero attached hydrogens (tertiary/aromatic N) is 1. The van der Waals surface area contributed by atoms with Gasteiger partial charge in [-0.1, -0.05) is 6.07 Å². The van der Waals surface area contributed by atoms with E-state index < -0.39 is 17.5 Å². The number of carboxylic acid groups (broad SMARTS) is 1. The molecule has 0 radical (unpaired) electrons. The molecular weight excluding hydrogens is 278 g/mol. The molecule has 0 aliphatic carbocycles. The summed E-state index contributed by atoms with van der Waals surface area (Å²) in [6, 6.07) is 3.85. The van der Waals surface area contributed by atoms with Gasteiger partial charge in [-0.3, -0.25) is 4.79 Å². The molecule has 1 aromatic rings. The lowest BCUT2D eigenvalue weighted by atomic mass is 9.89. The van der Waals surface area contributed by atoms with Gasteiger partial charge in [-0.2, -0.15) is 0 Å². The highest BCUT2D eigenvalue weighted by molar-refractivity contribution is 7.10. The molecule has 0 saturated carbocycles. The molecule has 1 aromatic heterocycles. The van der Waals surface area contributed by atoms with Crippen molar-refractivity contribution in [2.75, 3.05) is 13.1 Å². The van der Waals surface area contributed by atoms with E-state index >= 15 is 0 Å². The Balaban J connectivity index is 2.18. The van der Waals surface area contributed by atoms with Crippen LogP contribution in [0.3, 0.4) is 0 Å². The molecule has 1 unspecified atom stereocenters. The highest BCUT2D eigenvalue weighted by Gasteiger charge is 2.39. The Bertz CT molecular complexity index is 497. The van der Waals surface area contributed by atoms with E-state index in [2.05, 4.69) is 0 Å². The van der Waals surface area contributed by atoms with Crippen LogP contribution in [-0.4, -0.2) is 47.2 Å². The number of amides is 1. The molecule has 5 nitrogen and oxygen atoms in total. The van der Waals surface area contributed by atoms with Crippen LogP contribution in [0, 0.1) is 0 Å². The fraction of sp³-hybridized carbons (Fsp3) is 0.571. The maximum atomic E-state index is 12.7. The summed E-state index contributed by atoms with van der Waals surface area (Å²) in [7, 11) is 0. The second kappa shape index (κ2) is 5.54. The van der Waals surface area contributed by atoms with Crippen molar-refractivity contribution in [3.63, 3.8) is 0 Å². The zero-order valence-electron chi connectivity index (χ0n) is 11.8. The summed E-state index contributed by atoms with van der Waals surface area (Å²) in [5.74, 6) is -1.08. The number of thiophene rings is 1. The van der Waals surface area contributed by atoms with E-state index in [0.29, 0.717) is 6.54 Å². The Morgan fingerprint density at radius 3 is 2.70 bits per heavy atom. The number of aliphatic carboxylic acids is 1.